The first-order valence-corrected chi connectivity index (χ1v) is 7.92. The zero-order valence-corrected chi connectivity index (χ0v) is 12.7. The number of nitrogens with one attached hydrogen (secondary N) is 2. The van der Waals surface area contributed by atoms with Gasteiger partial charge in [0.1, 0.15) is 17.5 Å². The van der Waals surface area contributed by atoms with Crippen molar-refractivity contribution in [1.29, 1.82) is 0 Å². The van der Waals surface area contributed by atoms with Gasteiger partial charge in [-0.25, -0.2) is 15.8 Å². The van der Waals surface area contributed by atoms with Gasteiger partial charge in [0.25, 0.3) is 0 Å². The van der Waals surface area contributed by atoms with Gasteiger partial charge in [-0.3, -0.25) is 0 Å². The van der Waals surface area contributed by atoms with Crippen LogP contribution in [0, 0.1) is 6.92 Å². The molecule has 0 saturated heterocycles. The topological polar surface area (TPSA) is 96.1 Å². The second-order valence-electron chi connectivity index (χ2n) is 6.45. The van der Waals surface area contributed by atoms with Crippen molar-refractivity contribution in [3.63, 3.8) is 0 Å². The molecule has 0 spiro atoms. The van der Waals surface area contributed by atoms with Gasteiger partial charge in [0.15, 0.2) is 0 Å². The fourth-order valence-corrected chi connectivity index (χ4v) is 3.12. The van der Waals surface area contributed by atoms with Crippen molar-refractivity contribution < 1.29 is 5.11 Å². The molecular formula is C15H25N5O. The molecule has 6 nitrogen and oxygen atoms in total. The molecule has 6 heteroatoms. The van der Waals surface area contributed by atoms with Crippen LogP contribution in [0.1, 0.15) is 62.3 Å². The van der Waals surface area contributed by atoms with Crippen LogP contribution in [0.2, 0.25) is 0 Å². The molecule has 2 fully saturated rings. The highest BCUT2D eigenvalue weighted by Crippen LogP contribution is 2.40. The van der Waals surface area contributed by atoms with E-state index < -0.39 is 0 Å². The Hall–Kier alpha value is -1.40. The molecule has 0 atom stereocenters. The van der Waals surface area contributed by atoms with Crippen LogP contribution >= 0.6 is 0 Å². The number of aliphatic hydroxyl groups is 1. The predicted molar refractivity (Wildman–Crippen MR) is 83.1 cm³/mol. The van der Waals surface area contributed by atoms with Crippen LogP contribution in [-0.2, 0) is 0 Å². The summed E-state index contributed by atoms with van der Waals surface area (Å²) in [6, 6.07) is 0. The molecule has 0 bridgehead atoms. The van der Waals surface area contributed by atoms with Gasteiger partial charge in [-0.1, -0.05) is 19.3 Å². The van der Waals surface area contributed by atoms with Gasteiger partial charge in [0.2, 0.25) is 0 Å². The van der Waals surface area contributed by atoms with E-state index in [0.29, 0.717) is 11.7 Å². The standard InChI is InChI=1S/C15H25N5O/c1-10-12(19-15(9-21)7-3-2-4-8-15)17-14(11-5-6-11)18-13(10)20-16/h11,21H,2-9,16H2,1H3,(H2,17,18,19,20). The quantitative estimate of drug-likeness (QED) is 0.490. The highest BCUT2D eigenvalue weighted by atomic mass is 16.3. The number of nitrogens with zero attached hydrogens (tertiary/aromatic N) is 2. The van der Waals surface area contributed by atoms with E-state index in [4.69, 9.17) is 10.8 Å². The zero-order chi connectivity index (χ0) is 14.9. The number of aliphatic hydroxyl groups excluding tert-OH is 1. The van der Waals surface area contributed by atoms with Gasteiger partial charge in [-0.2, -0.15) is 0 Å². The summed E-state index contributed by atoms with van der Waals surface area (Å²) in [4.78, 5) is 9.21. The maximum atomic E-state index is 9.86. The smallest absolute Gasteiger partial charge is 0.148 e. The van der Waals surface area contributed by atoms with E-state index in [1.807, 2.05) is 6.92 Å². The Morgan fingerprint density at radius 3 is 2.43 bits per heavy atom. The number of rotatable bonds is 5. The molecule has 1 aromatic heterocycles. The average Bonchev–Trinajstić information content (AvgIpc) is 3.35. The van der Waals surface area contributed by atoms with Gasteiger partial charge in [-0.05, 0) is 32.6 Å². The van der Waals surface area contributed by atoms with E-state index in [1.165, 1.54) is 6.42 Å². The lowest BCUT2D eigenvalue weighted by molar-refractivity contribution is 0.172. The molecule has 5 N–H and O–H groups in total. The molecule has 1 heterocycles. The van der Waals surface area contributed by atoms with Crippen LogP contribution in [-0.4, -0.2) is 27.2 Å². The summed E-state index contributed by atoms with van der Waals surface area (Å²) in [7, 11) is 0. The summed E-state index contributed by atoms with van der Waals surface area (Å²) < 4.78 is 0. The van der Waals surface area contributed by atoms with Gasteiger partial charge >= 0.3 is 0 Å². The summed E-state index contributed by atoms with van der Waals surface area (Å²) in [5.74, 6) is 8.41. The third-order valence-electron chi connectivity index (χ3n) is 4.74. The monoisotopic (exact) mass is 291 g/mol. The molecule has 3 rings (SSSR count). The Bertz CT molecular complexity index is 509. The largest absolute Gasteiger partial charge is 0.394 e. The lowest BCUT2D eigenvalue weighted by Crippen LogP contribution is -2.44. The van der Waals surface area contributed by atoms with Crippen LogP contribution in [0.15, 0.2) is 0 Å². The Morgan fingerprint density at radius 2 is 1.86 bits per heavy atom. The number of hydrogen-bond donors (Lipinski definition) is 4. The first-order chi connectivity index (χ1) is 10.2. The SMILES string of the molecule is Cc1c(NN)nc(C2CC2)nc1NC1(CO)CCCCC1. The fraction of sp³-hybridized carbons (Fsp3) is 0.733. The molecule has 2 aliphatic carbocycles. The second kappa shape index (κ2) is 5.77. The Morgan fingerprint density at radius 1 is 1.19 bits per heavy atom. The number of aromatic nitrogens is 2. The van der Waals surface area contributed by atoms with Crippen molar-refractivity contribution >= 4 is 11.6 Å². The second-order valence-corrected chi connectivity index (χ2v) is 6.45. The highest BCUT2D eigenvalue weighted by Gasteiger charge is 2.33. The van der Waals surface area contributed by atoms with Crippen LogP contribution in [0.3, 0.4) is 0 Å². The van der Waals surface area contributed by atoms with Crippen LogP contribution in [0.4, 0.5) is 11.6 Å². The van der Waals surface area contributed by atoms with Crippen molar-refractivity contribution in [2.75, 3.05) is 17.3 Å². The van der Waals surface area contributed by atoms with Gasteiger partial charge < -0.3 is 15.8 Å². The molecule has 2 aliphatic rings. The van der Waals surface area contributed by atoms with E-state index in [0.717, 1.165) is 55.7 Å². The van der Waals surface area contributed by atoms with Crippen LogP contribution in [0.5, 0.6) is 0 Å². The summed E-state index contributed by atoms with van der Waals surface area (Å²) >= 11 is 0. The van der Waals surface area contributed by atoms with E-state index in [-0.39, 0.29) is 12.1 Å². The lowest BCUT2D eigenvalue weighted by Gasteiger charge is -2.37. The molecule has 1 aromatic rings. The van der Waals surface area contributed by atoms with E-state index >= 15 is 0 Å². The molecular weight excluding hydrogens is 266 g/mol. The molecule has 0 aliphatic heterocycles. The predicted octanol–water partition coefficient (Wildman–Crippen LogP) is 2.06. The van der Waals surface area contributed by atoms with Crippen molar-refractivity contribution in [1.82, 2.24) is 9.97 Å². The summed E-state index contributed by atoms with van der Waals surface area (Å²) in [5, 5.41) is 13.4. The number of hydrogen-bond acceptors (Lipinski definition) is 6. The van der Waals surface area contributed by atoms with Crippen molar-refractivity contribution in [3.05, 3.63) is 11.4 Å². The Kier molecular flexibility index (Phi) is 3.99. The van der Waals surface area contributed by atoms with Crippen molar-refractivity contribution in [3.8, 4) is 0 Å². The van der Waals surface area contributed by atoms with Crippen molar-refractivity contribution in [2.24, 2.45) is 5.84 Å². The first-order valence-electron chi connectivity index (χ1n) is 7.92. The van der Waals surface area contributed by atoms with Gasteiger partial charge in [0, 0.05) is 11.5 Å². The molecule has 0 radical (unpaired) electrons. The maximum absolute atomic E-state index is 9.86. The van der Waals surface area contributed by atoms with Crippen LogP contribution in [0.25, 0.3) is 0 Å². The molecule has 0 unspecified atom stereocenters. The summed E-state index contributed by atoms with van der Waals surface area (Å²) in [6.07, 6.45) is 7.81. The average molecular weight is 291 g/mol. The molecule has 0 aromatic carbocycles. The highest BCUT2D eigenvalue weighted by molar-refractivity contribution is 5.58. The van der Waals surface area contributed by atoms with Crippen molar-refractivity contribution in [2.45, 2.75) is 63.3 Å². The summed E-state index contributed by atoms with van der Waals surface area (Å²) in [5.41, 5.74) is 3.34. The molecule has 21 heavy (non-hydrogen) atoms. The molecule has 0 amide bonds. The van der Waals surface area contributed by atoms with Crippen LogP contribution < -0.4 is 16.6 Å². The van der Waals surface area contributed by atoms with E-state index in [2.05, 4.69) is 15.7 Å². The van der Waals surface area contributed by atoms with Gasteiger partial charge in [0.05, 0.1) is 12.1 Å². The molecule has 116 valence electrons. The Labute approximate surface area is 125 Å². The zero-order valence-electron chi connectivity index (χ0n) is 12.7. The van der Waals surface area contributed by atoms with E-state index in [9.17, 15) is 5.11 Å². The van der Waals surface area contributed by atoms with Gasteiger partial charge in [-0.15, -0.1) is 0 Å². The maximum Gasteiger partial charge on any atom is 0.148 e. The number of anilines is 2. The minimum atomic E-state index is -0.246. The normalized spacial score (nSPS) is 21.1. The lowest BCUT2D eigenvalue weighted by atomic mass is 9.82. The summed E-state index contributed by atoms with van der Waals surface area (Å²) in [6.45, 7) is 2.10. The minimum Gasteiger partial charge on any atom is -0.394 e. The minimum absolute atomic E-state index is 0.139. The molecule has 2 saturated carbocycles. The first kappa shape index (κ1) is 14.5. The fourth-order valence-electron chi connectivity index (χ4n) is 3.12. The number of nitrogen functional groups attached to an aromatic ring is 1. The van der Waals surface area contributed by atoms with E-state index in [1.54, 1.807) is 0 Å². The number of nitrogens with two attached hydrogens (primary N) is 1. The Balaban J connectivity index is 1.90. The third-order valence-corrected chi connectivity index (χ3v) is 4.74. The third kappa shape index (κ3) is 2.96. The number of hydrazine groups is 1.